The van der Waals surface area contributed by atoms with Crippen molar-refractivity contribution >= 4 is 0 Å². The predicted octanol–water partition coefficient (Wildman–Crippen LogP) is 1.35. The van der Waals surface area contributed by atoms with Gasteiger partial charge in [-0.25, -0.2) is 0 Å². The molecule has 0 aromatic heterocycles. The first-order valence-electron chi connectivity index (χ1n) is 3.15. The van der Waals surface area contributed by atoms with Crippen LogP contribution in [-0.4, -0.2) is 12.7 Å². The highest BCUT2D eigenvalue weighted by Crippen LogP contribution is 2.11. The van der Waals surface area contributed by atoms with Crippen molar-refractivity contribution in [1.29, 1.82) is 0 Å². The van der Waals surface area contributed by atoms with Gasteiger partial charge in [-0.05, 0) is 12.8 Å². The zero-order valence-corrected chi connectivity index (χ0v) is 5.34. The van der Waals surface area contributed by atoms with Gasteiger partial charge in [0.1, 0.15) is 6.61 Å². The lowest BCUT2D eigenvalue weighted by Crippen LogP contribution is -2.05. The van der Waals surface area contributed by atoms with Crippen LogP contribution >= 0.6 is 0 Å². The van der Waals surface area contributed by atoms with Gasteiger partial charge in [-0.15, -0.1) is 6.42 Å². The molecule has 0 bridgehead atoms. The fraction of sp³-hybridized carbons (Fsp3) is 0.500. The lowest BCUT2D eigenvalue weighted by atomic mass is 10.3. The van der Waals surface area contributed by atoms with Crippen LogP contribution in [-0.2, 0) is 4.74 Å². The number of allylic oxidation sites excluding steroid dienone is 1. The predicted molar refractivity (Wildman–Crippen MR) is 36.9 cm³/mol. The molecule has 1 aliphatic carbocycles. The Morgan fingerprint density at radius 3 is 3.22 bits per heavy atom. The smallest absolute Gasteiger partial charge is 0.108 e. The molecule has 0 aromatic carbocycles. The van der Waals surface area contributed by atoms with E-state index >= 15 is 0 Å². The largest absolute Gasteiger partial charge is 0.361 e. The Balaban J connectivity index is 2.14. The third-order valence-corrected chi connectivity index (χ3v) is 1.35. The molecule has 0 aromatic rings. The van der Waals surface area contributed by atoms with Crippen molar-refractivity contribution in [3.8, 4) is 12.3 Å². The van der Waals surface area contributed by atoms with Gasteiger partial charge in [-0.2, -0.15) is 0 Å². The van der Waals surface area contributed by atoms with Gasteiger partial charge in [0, 0.05) is 0 Å². The molecule has 0 fully saturated rings. The van der Waals surface area contributed by atoms with E-state index in [1.807, 2.05) is 0 Å². The first-order chi connectivity index (χ1) is 4.43. The lowest BCUT2D eigenvalue weighted by Gasteiger charge is -2.04. The summed E-state index contributed by atoms with van der Waals surface area (Å²) in [6.07, 6.45) is 11.7. The van der Waals surface area contributed by atoms with Crippen molar-refractivity contribution in [2.24, 2.45) is 0 Å². The Labute approximate surface area is 55.7 Å². The minimum atomic E-state index is 0.293. The van der Waals surface area contributed by atoms with Crippen molar-refractivity contribution < 1.29 is 4.74 Å². The van der Waals surface area contributed by atoms with E-state index in [4.69, 9.17) is 11.2 Å². The molecule has 0 spiro atoms. The molecule has 48 valence electrons. The molecule has 1 nitrogen and oxygen atoms in total. The molecule has 1 atom stereocenters. The van der Waals surface area contributed by atoms with Crippen LogP contribution in [0.3, 0.4) is 0 Å². The topological polar surface area (TPSA) is 9.23 Å². The fourth-order valence-electron chi connectivity index (χ4n) is 0.899. The van der Waals surface area contributed by atoms with Crippen LogP contribution in [0.25, 0.3) is 0 Å². The molecule has 0 heterocycles. The van der Waals surface area contributed by atoms with Crippen LogP contribution in [0.2, 0.25) is 0 Å². The van der Waals surface area contributed by atoms with Gasteiger partial charge in [-0.1, -0.05) is 18.1 Å². The summed E-state index contributed by atoms with van der Waals surface area (Å²) in [5.74, 6) is 2.44. The average molecular weight is 122 g/mol. The van der Waals surface area contributed by atoms with E-state index in [-0.39, 0.29) is 0 Å². The minimum absolute atomic E-state index is 0.293. The highest BCUT2D eigenvalue weighted by atomic mass is 16.5. The monoisotopic (exact) mass is 122 g/mol. The standard InChI is InChI=1S/C8H10O/c1-2-7-9-8-5-3-4-6-8/h1,3,5,8H,4,6-7H2. The Morgan fingerprint density at radius 1 is 1.78 bits per heavy atom. The third-order valence-electron chi connectivity index (χ3n) is 1.35. The summed E-state index contributed by atoms with van der Waals surface area (Å²) >= 11 is 0. The minimum Gasteiger partial charge on any atom is -0.361 e. The van der Waals surface area contributed by atoms with Crippen LogP contribution in [0, 0.1) is 12.3 Å². The van der Waals surface area contributed by atoms with Crippen LogP contribution in [0.15, 0.2) is 12.2 Å². The summed E-state index contributed by atoms with van der Waals surface area (Å²) < 4.78 is 5.23. The summed E-state index contributed by atoms with van der Waals surface area (Å²) in [6, 6.07) is 0. The highest BCUT2D eigenvalue weighted by Gasteiger charge is 2.06. The SMILES string of the molecule is C#CCOC1C=CCC1. The molecule has 1 heteroatoms. The molecular formula is C8H10O. The van der Waals surface area contributed by atoms with E-state index in [0.29, 0.717) is 12.7 Å². The molecule has 1 aliphatic rings. The number of hydrogen-bond donors (Lipinski definition) is 0. The Kier molecular flexibility index (Phi) is 2.35. The van der Waals surface area contributed by atoms with E-state index in [1.165, 1.54) is 0 Å². The zero-order chi connectivity index (χ0) is 6.53. The first-order valence-corrected chi connectivity index (χ1v) is 3.15. The van der Waals surface area contributed by atoms with Crippen molar-refractivity contribution in [2.75, 3.05) is 6.61 Å². The molecule has 0 saturated carbocycles. The summed E-state index contributed by atoms with van der Waals surface area (Å²) in [5.41, 5.74) is 0. The average Bonchev–Trinajstić information content (AvgIpc) is 2.34. The Morgan fingerprint density at radius 2 is 2.67 bits per heavy atom. The van der Waals surface area contributed by atoms with E-state index < -0.39 is 0 Å². The normalized spacial score (nSPS) is 24.1. The van der Waals surface area contributed by atoms with Crippen LogP contribution < -0.4 is 0 Å². The molecule has 0 saturated heterocycles. The van der Waals surface area contributed by atoms with Crippen molar-refractivity contribution in [3.05, 3.63) is 12.2 Å². The van der Waals surface area contributed by atoms with Gasteiger partial charge in [-0.3, -0.25) is 0 Å². The molecular weight excluding hydrogens is 112 g/mol. The van der Waals surface area contributed by atoms with Crippen molar-refractivity contribution in [2.45, 2.75) is 18.9 Å². The summed E-state index contributed by atoms with van der Waals surface area (Å²) in [6.45, 7) is 0.439. The van der Waals surface area contributed by atoms with Crippen LogP contribution in [0.4, 0.5) is 0 Å². The molecule has 1 unspecified atom stereocenters. The third kappa shape index (κ3) is 1.91. The second-order valence-corrected chi connectivity index (χ2v) is 2.06. The maximum atomic E-state index is 5.23. The van der Waals surface area contributed by atoms with Crippen LogP contribution in [0.1, 0.15) is 12.8 Å². The quantitative estimate of drug-likeness (QED) is 0.397. The summed E-state index contributed by atoms with van der Waals surface area (Å²) in [4.78, 5) is 0. The molecule has 0 N–H and O–H groups in total. The Hall–Kier alpha value is -0.740. The molecule has 0 aliphatic heterocycles. The number of terminal acetylenes is 1. The van der Waals surface area contributed by atoms with E-state index in [0.717, 1.165) is 12.8 Å². The first kappa shape index (κ1) is 6.38. The van der Waals surface area contributed by atoms with Gasteiger partial charge in [0.25, 0.3) is 0 Å². The van der Waals surface area contributed by atoms with E-state index in [9.17, 15) is 0 Å². The highest BCUT2D eigenvalue weighted by molar-refractivity contribution is 4.98. The maximum absolute atomic E-state index is 5.23. The van der Waals surface area contributed by atoms with Gasteiger partial charge in [0.05, 0.1) is 6.10 Å². The van der Waals surface area contributed by atoms with Crippen LogP contribution in [0.5, 0.6) is 0 Å². The second kappa shape index (κ2) is 3.32. The molecule has 1 rings (SSSR count). The summed E-state index contributed by atoms with van der Waals surface area (Å²) in [7, 11) is 0. The van der Waals surface area contributed by atoms with E-state index in [1.54, 1.807) is 0 Å². The van der Waals surface area contributed by atoms with Gasteiger partial charge >= 0.3 is 0 Å². The molecule has 9 heavy (non-hydrogen) atoms. The van der Waals surface area contributed by atoms with Gasteiger partial charge in [0.2, 0.25) is 0 Å². The van der Waals surface area contributed by atoms with Gasteiger partial charge in [0.15, 0.2) is 0 Å². The number of ether oxygens (including phenoxy) is 1. The molecule has 0 radical (unpaired) electrons. The van der Waals surface area contributed by atoms with Crippen molar-refractivity contribution in [1.82, 2.24) is 0 Å². The van der Waals surface area contributed by atoms with Crippen molar-refractivity contribution in [3.63, 3.8) is 0 Å². The maximum Gasteiger partial charge on any atom is 0.108 e. The Bertz CT molecular complexity index is 141. The second-order valence-electron chi connectivity index (χ2n) is 2.06. The fourth-order valence-corrected chi connectivity index (χ4v) is 0.899. The lowest BCUT2D eigenvalue weighted by molar-refractivity contribution is 0.113. The molecule has 0 amide bonds. The summed E-state index contributed by atoms with van der Waals surface area (Å²) in [5, 5.41) is 0. The van der Waals surface area contributed by atoms with E-state index in [2.05, 4.69) is 18.1 Å². The number of rotatable bonds is 2. The van der Waals surface area contributed by atoms with Gasteiger partial charge < -0.3 is 4.74 Å². The zero-order valence-electron chi connectivity index (χ0n) is 5.34. The number of hydrogen-bond acceptors (Lipinski definition) is 1.